The summed E-state index contributed by atoms with van der Waals surface area (Å²) in [6, 6.07) is 2.22. The first-order valence-corrected chi connectivity index (χ1v) is 6.19. The number of thiophene rings is 1. The van der Waals surface area contributed by atoms with E-state index >= 15 is 0 Å². The highest BCUT2D eigenvalue weighted by molar-refractivity contribution is 7.07. The Morgan fingerprint density at radius 2 is 2.21 bits per heavy atom. The molecule has 14 heavy (non-hydrogen) atoms. The van der Waals surface area contributed by atoms with Crippen LogP contribution in [0, 0.1) is 0 Å². The topological polar surface area (TPSA) is 7.68 Å². The largest absolute Gasteiger partial charge is 0.339 e. The molecule has 1 aromatic heterocycles. The van der Waals surface area contributed by atoms with Gasteiger partial charge in [-0.05, 0) is 28.9 Å². The molecule has 0 unspecified atom stereocenters. The Bertz CT molecular complexity index is 231. The van der Waals surface area contributed by atoms with Crippen molar-refractivity contribution < 1.29 is 4.90 Å². The van der Waals surface area contributed by atoms with Gasteiger partial charge in [-0.15, -0.1) is 0 Å². The molecule has 0 amide bonds. The zero-order valence-corrected chi connectivity index (χ0v) is 10.2. The van der Waals surface area contributed by atoms with E-state index in [4.69, 9.17) is 0 Å². The molecule has 0 aromatic carbocycles. The molecule has 1 rings (SSSR count). The summed E-state index contributed by atoms with van der Waals surface area (Å²) in [5.41, 5.74) is 1.45. The molecule has 1 aromatic rings. The Labute approximate surface area is 91.1 Å². The van der Waals surface area contributed by atoms with Gasteiger partial charge in [0.05, 0.1) is 20.6 Å². The molecule has 0 aliphatic heterocycles. The van der Waals surface area contributed by atoms with Crippen molar-refractivity contribution in [2.75, 3.05) is 33.7 Å². The van der Waals surface area contributed by atoms with Gasteiger partial charge >= 0.3 is 0 Å². The number of rotatable bonds is 6. The molecule has 1 heterocycles. The molecular formula is C11H21N2S+. The lowest BCUT2D eigenvalue weighted by Crippen LogP contribution is -3.06. The highest BCUT2D eigenvalue weighted by Gasteiger charge is 2.05. The zero-order valence-electron chi connectivity index (χ0n) is 9.42. The van der Waals surface area contributed by atoms with Gasteiger partial charge in [0.2, 0.25) is 0 Å². The summed E-state index contributed by atoms with van der Waals surface area (Å²) in [7, 11) is 4.41. The standard InChI is InChI=1S/C11H20N2S/c1-4-13(7-6-12(2)3)9-11-5-8-14-10-11/h5,8,10H,4,6-7,9H2,1-3H3/p+1. The van der Waals surface area contributed by atoms with Gasteiger partial charge in [0.15, 0.2) is 0 Å². The first kappa shape index (κ1) is 11.7. The number of quaternary nitrogens is 1. The molecule has 0 bridgehead atoms. The maximum absolute atomic E-state index is 2.50. The molecule has 0 radical (unpaired) electrons. The van der Waals surface area contributed by atoms with Crippen molar-refractivity contribution in [1.82, 2.24) is 4.90 Å². The van der Waals surface area contributed by atoms with Crippen LogP contribution in [0.4, 0.5) is 0 Å². The summed E-state index contributed by atoms with van der Waals surface area (Å²) in [6.45, 7) is 6.89. The third kappa shape index (κ3) is 4.22. The molecule has 0 spiro atoms. The van der Waals surface area contributed by atoms with Gasteiger partial charge in [-0.25, -0.2) is 0 Å². The first-order chi connectivity index (χ1) is 6.72. The first-order valence-electron chi connectivity index (χ1n) is 5.24. The molecule has 3 heteroatoms. The van der Waals surface area contributed by atoms with Gasteiger partial charge < -0.3 is 4.90 Å². The predicted molar refractivity (Wildman–Crippen MR) is 62.9 cm³/mol. The van der Waals surface area contributed by atoms with E-state index in [2.05, 4.69) is 42.7 Å². The second-order valence-electron chi connectivity index (χ2n) is 3.96. The van der Waals surface area contributed by atoms with Crippen LogP contribution in [0.25, 0.3) is 0 Å². The average molecular weight is 213 g/mol. The van der Waals surface area contributed by atoms with Crippen molar-refractivity contribution in [1.29, 1.82) is 0 Å². The fourth-order valence-electron chi connectivity index (χ4n) is 1.37. The number of likely N-dealkylation sites (N-methyl/N-ethyl adjacent to an activating group) is 2. The third-order valence-corrected chi connectivity index (χ3v) is 3.09. The van der Waals surface area contributed by atoms with E-state index < -0.39 is 0 Å². The van der Waals surface area contributed by atoms with Gasteiger partial charge in [0.1, 0.15) is 0 Å². The minimum atomic E-state index is 1.10. The van der Waals surface area contributed by atoms with Gasteiger partial charge in [-0.2, -0.15) is 11.3 Å². The van der Waals surface area contributed by atoms with Crippen molar-refractivity contribution in [3.8, 4) is 0 Å². The number of nitrogens with zero attached hydrogens (tertiary/aromatic N) is 1. The van der Waals surface area contributed by atoms with Gasteiger partial charge in [-0.3, -0.25) is 4.90 Å². The molecule has 0 aliphatic rings. The summed E-state index contributed by atoms with van der Waals surface area (Å²) >= 11 is 1.78. The highest BCUT2D eigenvalue weighted by atomic mass is 32.1. The SMILES string of the molecule is CCN(CC[NH+](C)C)Cc1ccsc1. The van der Waals surface area contributed by atoms with Gasteiger partial charge in [-0.1, -0.05) is 6.92 Å². The number of hydrogen-bond acceptors (Lipinski definition) is 2. The van der Waals surface area contributed by atoms with E-state index in [1.165, 1.54) is 23.6 Å². The van der Waals surface area contributed by atoms with Crippen molar-refractivity contribution in [2.45, 2.75) is 13.5 Å². The van der Waals surface area contributed by atoms with Crippen molar-refractivity contribution in [3.63, 3.8) is 0 Å². The Hall–Kier alpha value is -0.380. The zero-order chi connectivity index (χ0) is 10.4. The summed E-state index contributed by atoms with van der Waals surface area (Å²) in [5, 5.41) is 4.39. The van der Waals surface area contributed by atoms with Crippen LogP contribution in [0.5, 0.6) is 0 Å². The fraction of sp³-hybridized carbons (Fsp3) is 0.636. The molecule has 0 fully saturated rings. The fourth-order valence-corrected chi connectivity index (χ4v) is 2.03. The minimum absolute atomic E-state index is 1.10. The van der Waals surface area contributed by atoms with Crippen LogP contribution < -0.4 is 4.90 Å². The Balaban J connectivity index is 2.32. The quantitative estimate of drug-likeness (QED) is 0.731. The number of nitrogens with one attached hydrogen (secondary N) is 1. The molecular weight excluding hydrogens is 192 g/mol. The second-order valence-corrected chi connectivity index (χ2v) is 4.74. The van der Waals surface area contributed by atoms with Crippen LogP contribution in [-0.4, -0.2) is 38.6 Å². The lowest BCUT2D eigenvalue weighted by Gasteiger charge is -2.20. The van der Waals surface area contributed by atoms with Crippen LogP contribution in [0.3, 0.4) is 0 Å². The Kier molecular flexibility index (Phi) is 5.15. The lowest BCUT2D eigenvalue weighted by atomic mass is 10.3. The van der Waals surface area contributed by atoms with Crippen molar-refractivity contribution in [3.05, 3.63) is 22.4 Å². The summed E-state index contributed by atoms with van der Waals surface area (Å²) in [5.74, 6) is 0. The molecule has 80 valence electrons. The molecule has 0 saturated heterocycles. The van der Waals surface area contributed by atoms with Crippen LogP contribution in [0.1, 0.15) is 12.5 Å². The number of hydrogen-bond donors (Lipinski definition) is 1. The molecule has 1 N–H and O–H groups in total. The van der Waals surface area contributed by atoms with Crippen molar-refractivity contribution >= 4 is 11.3 Å². The van der Waals surface area contributed by atoms with E-state index in [1.807, 2.05) is 0 Å². The average Bonchev–Trinajstić information content (AvgIpc) is 2.64. The van der Waals surface area contributed by atoms with E-state index in [0.29, 0.717) is 0 Å². The molecule has 2 nitrogen and oxygen atoms in total. The highest BCUT2D eigenvalue weighted by Crippen LogP contribution is 2.08. The molecule has 0 saturated carbocycles. The van der Waals surface area contributed by atoms with Crippen LogP contribution in [0.2, 0.25) is 0 Å². The normalized spacial score (nSPS) is 11.5. The van der Waals surface area contributed by atoms with E-state index in [-0.39, 0.29) is 0 Å². The van der Waals surface area contributed by atoms with Crippen molar-refractivity contribution in [2.24, 2.45) is 0 Å². The minimum Gasteiger partial charge on any atom is -0.339 e. The summed E-state index contributed by atoms with van der Waals surface area (Å²) in [6.07, 6.45) is 0. The van der Waals surface area contributed by atoms with E-state index in [0.717, 1.165) is 13.1 Å². The summed E-state index contributed by atoms with van der Waals surface area (Å²) < 4.78 is 0. The maximum atomic E-state index is 2.50. The van der Waals surface area contributed by atoms with E-state index in [1.54, 1.807) is 11.3 Å². The smallest absolute Gasteiger partial charge is 0.0896 e. The molecule has 0 atom stereocenters. The molecule has 0 aliphatic carbocycles. The van der Waals surface area contributed by atoms with Crippen LogP contribution in [0.15, 0.2) is 16.8 Å². The lowest BCUT2D eigenvalue weighted by molar-refractivity contribution is -0.857. The second kappa shape index (κ2) is 6.17. The van der Waals surface area contributed by atoms with E-state index in [9.17, 15) is 0 Å². The van der Waals surface area contributed by atoms with Gasteiger partial charge in [0.25, 0.3) is 0 Å². The Morgan fingerprint density at radius 3 is 2.71 bits per heavy atom. The monoisotopic (exact) mass is 213 g/mol. The van der Waals surface area contributed by atoms with Gasteiger partial charge in [0, 0.05) is 13.1 Å². The predicted octanol–water partition coefficient (Wildman–Crippen LogP) is 0.714. The van der Waals surface area contributed by atoms with Crippen LogP contribution >= 0.6 is 11.3 Å². The summed E-state index contributed by atoms with van der Waals surface area (Å²) in [4.78, 5) is 4.02. The third-order valence-electron chi connectivity index (χ3n) is 2.36. The maximum Gasteiger partial charge on any atom is 0.0896 e. The van der Waals surface area contributed by atoms with Crippen LogP contribution in [-0.2, 0) is 6.54 Å². The Morgan fingerprint density at radius 1 is 1.43 bits per heavy atom.